The number of rotatable bonds is 9. The number of hydrogen-bond acceptors (Lipinski definition) is 4. The lowest BCUT2D eigenvalue weighted by molar-refractivity contribution is 0.252. The Kier molecular flexibility index (Phi) is 11.5. The molecule has 154 valence electrons. The lowest BCUT2D eigenvalue weighted by Crippen LogP contribution is -2.34. The molecule has 1 aromatic carbocycles. The topological polar surface area (TPSA) is 58.1 Å². The van der Waals surface area contributed by atoms with Crippen molar-refractivity contribution in [2.75, 3.05) is 45.7 Å². The second-order valence-electron chi connectivity index (χ2n) is 6.60. The normalized spacial score (nSPS) is 14.8. The fraction of sp³-hybridized carbons (Fsp3) is 0.650. The van der Waals surface area contributed by atoms with Gasteiger partial charge in [-0.3, -0.25) is 4.99 Å². The van der Waals surface area contributed by atoms with Gasteiger partial charge in [0, 0.05) is 30.9 Å². The average molecular weight is 490 g/mol. The first-order chi connectivity index (χ1) is 12.7. The standard InChI is InChI=1S/C20H34N4O2.HI/c1-5-21-20(22-13-14-24(3)17-9-7-8-10-17)23-16-11-12-18(25-4)19(15-16)26-6-2;/h11-12,15,17H,5-10,13-14H2,1-4H3,(H2,21,22,23);1H. The number of ether oxygens (including phenoxy) is 2. The summed E-state index contributed by atoms with van der Waals surface area (Å²) >= 11 is 0. The molecule has 0 aliphatic heterocycles. The summed E-state index contributed by atoms with van der Waals surface area (Å²) in [5.41, 5.74) is 0.929. The highest BCUT2D eigenvalue weighted by Crippen LogP contribution is 2.30. The predicted octanol–water partition coefficient (Wildman–Crippen LogP) is 3.96. The molecule has 0 radical (unpaired) electrons. The molecule has 0 saturated heterocycles. The second kappa shape index (κ2) is 13.0. The summed E-state index contributed by atoms with van der Waals surface area (Å²) in [6, 6.07) is 6.56. The smallest absolute Gasteiger partial charge is 0.195 e. The highest BCUT2D eigenvalue weighted by atomic mass is 127. The number of anilines is 1. The Morgan fingerprint density at radius 3 is 2.59 bits per heavy atom. The van der Waals surface area contributed by atoms with Crippen molar-refractivity contribution in [2.45, 2.75) is 45.6 Å². The molecule has 7 heteroatoms. The van der Waals surface area contributed by atoms with Gasteiger partial charge in [0.2, 0.25) is 0 Å². The summed E-state index contributed by atoms with van der Waals surface area (Å²) in [7, 11) is 3.86. The van der Waals surface area contributed by atoms with Crippen LogP contribution in [0.2, 0.25) is 0 Å². The van der Waals surface area contributed by atoms with E-state index in [2.05, 4.69) is 29.5 Å². The number of nitrogens with zero attached hydrogens (tertiary/aromatic N) is 2. The third-order valence-corrected chi connectivity index (χ3v) is 4.74. The zero-order chi connectivity index (χ0) is 18.8. The molecular weight excluding hydrogens is 455 g/mol. The maximum absolute atomic E-state index is 5.65. The van der Waals surface area contributed by atoms with E-state index in [1.54, 1.807) is 7.11 Å². The Bertz CT molecular complexity index is 577. The van der Waals surface area contributed by atoms with E-state index in [4.69, 9.17) is 14.5 Å². The van der Waals surface area contributed by atoms with Crippen molar-refractivity contribution in [3.8, 4) is 11.5 Å². The average Bonchev–Trinajstić information content (AvgIpc) is 3.17. The molecule has 1 saturated carbocycles. The summed E-state index contributed by atoms with van der Waals surface area (Å²) in [5, 5.41) is 6.66. The van der Waals surface area contributed by atoms with Crippen LogP contribution in [0.4, 0.5) is 5.69 Å². The fourth-order valence-electron chi connectivity index (χ4n) is 3.31. The molecule has 0 spiro atoms. The Balaban J connectivity index is 0.00000364. The molecule has 0 amide bonds. The fourth-order valence-corrected chi connectivity index (χ4v) is 3.31. The summed E-state index contributed by atoms with van der Waals surface area (Å²) in [5.74, 6) is 2.26. The highest BCUT2D eigenvalue weighted by molar-refractivity contribution is 14.0. The van der Waals surface area contributed by atoms with Gasteiger partial charge in [-0.05, 0) is 45.9 Å². The number of halogens is 1. The minimum Gasteiger partial charge on any atom is -0.493 e. The summed E-state index contributed by atoms with van der Waals surface area (Å²) in [4.78, 5) is 7.16. The Hall–Kier alpha value is -1.22. The number of hydrogen-bond donors (Lipinski definition) is 2. The van der Waals surface area contributed by atoms with Gasteiger partial charge in [0.25, 0.3) is 0 Å². The van der Waals surface area contributed by atoms with Crippen LogP contribution in [0.15, 0.2) is 23.2 Å². The molecule has 27 heavy (non-hydrogen) atoms. The zero-order valence-corrected chi connectivity index (χ0v) is 19.4. The summed E-state index contributed by atoms with van der Waals surface area (Å²) in [6.45, 7) is 7.21. The molecule has 0 aromatic heterocycles. The van der Waals surface area contributed by atoms with Crippen LogP contribution in [0.1, 0.15) is 39.5 Å². The molecule has 0 bridgehead atoms. The molecular formula is C20H35IN4O2. The third-order valence-electron chi connectivity index (χ3n) is 4.74. The number of nitrogens with one attached hydrogen (secondary N) is 2. The molecule has 0 unspecified atom stereocenters. The Labute approximate surface area is 181 Å². The van der Waals surface area contributed by atoms with Crippen LogP contribution in [0.3, 0.4) is 0 Å². The lowest BCUT2D eigenvalue weighted by Gasteiger charge is -2.23. The maximum Gasteiger partial charge on any atom is 0.195 e. The molecule has 6 nitrogen and oxygen atoms in total. The largest absolute Gasteiger partial charge is 0.493 e. The van der Waals surface area contributed by atoms with Gasteiger partial charge in [0.05, 0.1) is 20.3 Å². The van der Waals surface area contributed by atoms with Crippen molar-refractivity contribution in [1.29, 1.82) is 0 Å². The van der Waals surface area contributed by atoms with Gasteiger partial charge in [-0.1, -0.05) is 12.8 Å². The lowest BCUT2D eigenvalue weighted by atomic mass is 10.2. The van der Waals surface area contributed by atoms with Crippen molar-refractivity contribution in [2.24, 2.45) is 4.99 Å². The molecule has 1 aliphatic rings. The van der Waals surface area contributed by atoms with E-state index in [-0.39, 0.29) is 24.0 Å². The van der Waals surface area contributed by atoms with E-state index < -0.39 is 0 Å². The SMILES string of the molecule is CCNC(=NCCN(C)C1CCCC1)Nc1ccc(OC)c(OCC)c1.I. The molecule has 2 N–H and O–H groups in total. The number of aliphatic imine (C=N–C) groups is 1. The van der Waals surface area contributed by atoms with Crippen LogP contribution < -0.4 is 20.1 Å². The van der Waals surface area contributed by atoms with Gasteiger partial charge in [-0.2, -0.15) is 0 Å². The van der Waals surface area contributed by atoms with Crippen LogP contribution in [0.25, 0.3) is 0 Å². The van der Waals surface area contributed by atoms with Crippen molar-refractivity contribution >= 4 is 35.6 Å². The van der Waals surface area contributed by atoms with E-state index in [9.17, 15) is 0 Å². The Morgan fingerprint density at radius 2 is 1.96 bits per heavy atom. The van der Waals surface area contributed by atoms with E-state index in [0.29, 0.717) is 6.61 Å². The second-order valence-corrected chi connectivity index (χ2v) is 6.60. The van der Waals surface area contributed by atoms with E-state index in [1.165, 1.54) is 25.7 Å². The molecule has 1 aromatic rings. The van der Waals surface area contributed by atoms with Crippen molar-refractivity contribution in [3.63, 3.8) is 0 Å². The molecule has 1 aliphatic carbocycles. The molecule has 0 atom stereocenters. The van der Waals surface area contributed by atoms with Gasteiger partial charge in [-0.15, -0.1) is 24.0 Å². The first kappa shape index (κ1) is 23.8. The van der Waals surface area contributed by atoms with Gasteiger partial charge >= 0.3 is 0 Å². The number of likely N-dealkylation sites (N-methyl/N-ethyl adjacent to an activating group) is 1. The molecule has 0 heterocycles. The van der Waals surface area contributed by atoms with Crippen LogP contribution in [-0.4, -0.2) is 57.3 Å². The van der Waals surface area contributed by atoms with Gasteiger partial charge in [0.15, 0.2) is 17.5 Å². The number of guanidine groups is 1. The minimum atomic E-state index is 0. The van der Waals surface area contributed by atoms with Crippen molar-refractivity contribution < 1.29 is 9.47 Å². The zero-order valence-electron chi connectivity index (χ0n) is 17.1. The van der Waals surface area contributed by atoms with E-state index in [0.717, 1.165) is 48.8 Å². The summed E-state index contributed by atoms with van der Waals surface area (Å²) in [6.07, 6.45) is 5.37. The number of methoxy groups -OCH3 is 1. The highest BCUT2D eigenvalue weighted by Gasteiger charge is 2.18. The molecule has 2 rings (SSSR count). The van der Waals surface area contributed by atoms with E-state index in [1.807, 2.05) is 25.1 Å². The van der Waals surface area contributed by atoms with Gasteiger partial charge in [0.1, 0.15) is 0 Å². The Morgan fingerprint density at radius 1 is 1.22 bits per heavy atom. The maximum atomic E-state index is 5.65. The first-order valence-electron chi connectivity index (χ1n) is 9.74. The monoisotopic (exact) mass is 490 g/mol. The van der Waals surface area contributed by atoms with Crippen molar-refractivity contribution in [1.82, 2.24) is 10.2 Å². The predicted molar refractivity (Wildman–Crippen MR) is 124 cm³/mol. The van der Waals surface area contributed by atoms with Crippen LogP contribution in [0.5, 0.6) is 11.5 Å². The number of benzene rings is 1. The minimum absolute atomic E-state index is 0. The van der Waals surface area contributed by atoms with E-state index >= 15 is 0 Å². The van der Waals surface area contributed by atoms with Crippen LogP contribution >= 0.6 is 24.0 Å². The van der Waals surface area contributed by atoms with Gasteiger partial charge in [-0.25, -0.2) is 0 Å². The molecule has 1 fully saturated rings. The quantitative estimate of drug-likeness (QED) is 0.312. The van der Waals surface area contributed by atoms with Crippen LogP contribution in [0, 0.1) is 0 Å². The first-order valence-corrected chi connectivity index (χ1v) is 9.74. The summed E-state index contributed by atoms with van der Waals surface area (Å²) < 4.78 is 11.0. The van der Waals surface area contributed by atoms with Crippen LogP contribution in [-0.2, 0) is 0 Å². The third kappa shape index (κ3) is 7.73. The van der Waals surface area contributed by atoms with Gasteiger partial charge < -0.3 is 25.0 Å². The van der Waals surface area contributed by atoms with Crippen molar-refractivity contribution in [3.05, 3.63) is 18.2 Å².